The minimum Gasteiger partial charge on any atom is -0.492 e. The van der Waals surface area contributed by atoms with Gasteiger partial charge in [0.15, 0.2) is 17.1 Å². The van der Waals surface area contributed by atoms with E-state index < -0.39 is 0 Å². The fraction of sp³-hybridized carbons (Fsp3) is 0.217. The molecule has 1 aliphatic heterocycles. The van der Waals surface area contributed by atoms with Gasteiger partial charge in [-0.15, -0.1) is 5.10 Å². The molecule has 8 nitrogen and oxygen atoms in total. The maximum atomic E-state index is 5.73. The summed E-state index contributed by atoms with van der Waals surface area (Å²) in [5, 5.41) is 7.90. The van der Waals surface area contributed by atoms with Crippen LogP contribution in [-0.4, -0.2) is 40.5 Å². The monoisotopic (exact) mass is 417 g/mol. The predicted octanol–water partition coefficient (Wildman–Crippen LogP) is 3.64. The summed E-state index contributed by atoms with van der Waals surface area (Å²) in [5.41, 5.74) is 9.22. The second kappa shape index (κ2) is 8.16. The lowest BCUT2D eigenvalue weighted by molar-refractivity contribution is 0.171. The first-order chi connectivity index (χ1) is 15.2. The van der Waals surface area contributed by atoms with Gasteiger partial charge in [-0.2, -0.15) is 4.98 Å². The van der Waals surface area contributed by atoms with Crippen LogP contribution in [0.4, 0.5) is 11.6 Å². The van der Waals surface area contributed by atoms with Gasteiger partial charge in [0.1, 0.15) is 25.6 Å². The van der Waals surface area contributed by atoms with Gasteiger partial charge in [0, 0.05) is 17.3 Å². The molecule has 3 heterocycles. The Hall–Kier alpha value is -3.78. The quantitative estimate of drug-likeness (QED) is 0.494. The van der Waals surface area contributed by atoms with E-state index in [9.17, 15) is 0 Å². The Labute approximate surface area is 179 Å². The molecule has 0 spiro atoms. The van der Waals surface area contributed by atoms with Crippen molar-refractivity contribution in [1.82, 2.24) is 14.6 Å². The number of ether oxygens (including phenoxy) is 3. The van der Waals surface area contributed by atoms with Crippen LogP contribution in [0.15, 0.2) is 60.7 Å². The first-order valence-electron chi connectivity index (χ1n) is 10.2. The highest BCUT2D eigenvalue weighted by Gasteiger charge is 2.15. The van der Waals surface area contributed by atoms with Crippen LogP contribution in [0.25, 0.3) is 16.9 Å². The van der Waals surface area contributed by atoms with Crippen molar-refractivity contribution in [3.63, 3.8) is 0 Å². The summed E-state index contributed by atoms with van der Waals surface area (Å²) in [7, 11) is 0. The molecule has 0 fully saturated rings. The summed E-state index contributed by atoms with van der Waals surface area (Å²) in [5.74, 6) is 2.78. The molecule has 0 aliphatic carbocycles. The smallest absolute Gasteiger partial charge is 0.247 e. The van der Waals surface area contributed by atoms with E-state index in [-0.39, 0.29) is 6.04 Å². The van der Waals surface area contributed by atoms with E-state index in [0.717, 1.165) is 39.8 Å². The number of fused-ring (bicyclic) bond motifs is 2. The Balaban J connectivity index is 1.40. The molecule has 5 rings (SSSR count). The molecule has 8 heteroatoms. The SMILES string of the molecule is C[C@@H](N)COc1ccc(Nc2nc3cccc(-c4ccc5c(c4)OCCO5)n3n2)cc1. The molecule has 0 saturated carbocycles. The van der Waals surface area contributed by atoms with Gasteiger partial charge in [0.25, 0.3) is 0 Å². The summed E-state index contributed by atoms with van der Waals surface area (Å²) >= 11 is 0. The van der Waals surface area contributed by atoms with Crippen LogP contribution in [-0.2, 0) is 0 Å². The third-order valence-electron chi connectivity index (χ3n) is 4.82. The molecule has 4 aromatic rings. The Morgan fingerprint density at radius 2 is 1.87 bits per heavy atom. The van der Waals surface area contributed by atoms with Gasteiger partial charge in [0.2, 0.25) is 5.95 Å². The van der Waals surface area contributed by atoms with E-state index in [1.807, 2.05) is 72.1 Å². The van der Waals surface area contributed by atoms with E-state index >= 15 is 0 Å². The fourth-order valence-corrected chi connectivity index (χ4v) is 3.37. The summed E-state index contributed by atoms with van der Waals surface area (Å²) in [6.07, 6.45) is 0. The zero-order valence-electron chi connectivity index (χ0n) is 17.1. The predicted molar refractivity (Wildman–Crippen MR) is 118 cm³/mol. The Morgan fingerprint density at radius 1 is 1.06 bits per heavy atom. The topological polar surface area (TPSA) is 95.9 Å². The van der Waals surface area contributed by atoms with E-state index in [4.69, 9.17) is 19.9 Å². The van der Waals surface area contributed by atoms with E-state index in [0.29, 0.717) is 25.8 Å². The second-order valence-corrected chi connectivity index (χ2v) is 7.41. The minimum atomic E-state index is -0.0108. The molecule has 158 valence electrons. The lowest BCUT2D eigenvalue weighted by atomic mass is 10.1. The van der Waals surface area contributed by atoms with Gasteiger partial charge < -0.3 is 25.3 Å². The highest BCUT2D eigenvalue weighted by Crippen LogP contribution is 2.34. The normalized spacial score (nSPS) is 13.7. The summed E-state index contributed by atoms with van der Waals surface area (Å²) in [6.45, 7) is 3.50. The van der Waals surface area contributed by atoms with Gasteiger partial charge in [-0.1, -0.05) is 6.07 Å². The van der Waals surface area contributed by atoms with Gasteiger partial charge in [-0.05, 0) is 61.5 Å². The van der Waals surface area contributed by atoms with Crippen molar-refractivity contribution in [3.05, 3.63) is 60.7 Å². The van der Waals surface area contributed by atoms with Crippen molar-refractivity contribution in [2.24, 2.45) is 5.73 Å². The van der Waals surface area contributed by atoms with Crippen LogP contribution in [0.5, 0.6) is 17.2 Å². The third-order valence-corrected chi connectivity index (χ3v) is 4.82. The number of hydrogen-bond acceptors (Lipinski definition) is 7. The maximum Gasteiger partial charge on any atom is 0.247 e. The van der Waals surface area contributed by atoms with Crippen molar-refractivity contribution in [3.8, 4) is 28.5 Å². The summed E-state index contributed by atoms with van der Waals surface area (Å²) in [6, 6.07) is 19.4. The molecule has 1 aliphatic rings. The number of hydrogen-bond donors (Lipinski definition) is 2. The first-order valence-corrected chi connectivity index (χ1v) is 10.2. The van der Waals surface area contributed by atoms with Gasteiger partial charge >= 0.3 is 0 Å². The average molecular weight is 417 g/mol. The van der Waals surface area contributed by atoms with Gasteiger partial charge in [-0.3, -0.25) is 0 Å². The summed E-state index contributed by atoms with van der Waals surface area (Å²) in [4.78, 5) is 4.60. The molecule has 1 atom stereocenters. The molecule has 0 unspecified atom stereocenters. The first kappa shape index (κ1) is 19.2. The van der Waals surface area contributed by atoms with Crippen LogP contribution in [0, 0.1) is 0 Å². The molecule has 2 aromatic carbocycles. The van der Waals surface area contributed by atoms with Crippen LogP contribution >= 0.6 is 0 Å². The fourth-order valence-electron chi connectivity index (χ4n) is 3.37. The van der Waals surface area contributed by atoms with E-state index in [1.54, 1.807) is 0 Å². The zero-order chi connectivity index (χ0) is 21.2. The average Bonchev–Trinajstić information content (AvgIpc) is 3.20. The third kappa shape index (κ3) is 4.10. The summed E-state index contributed by atoms with van der Waals surface area (Å²) < 4.78 is 18.8. The molecule has 0 bridgehead atoms. The second-order valence-electron chi connectivity index (χ2n) is 7.41. The number of anilines is 2. The van der Waals surface area contributed by atoms with Crippen LogP contribution in [0.2, 0.25) is 0 Å². The Morgan fingerprint density at radius 3 is 2.68 bits per heavy atom. The Kier molecular flexibility index (Phi) is 5.05. The van der Waals surface area contributed by atoms with Gasteiger partial charge in [-0.25, -0.2) is 4.52 Å². The highest BCUT2D eigenvalue weighted by atomic mass is 16.6. The number of aromatic nitrogens is 3. The molecule has 0 amide bonds. The van der Waals surface area contributed by atoms with Crippen LogP contribution in [0.3, 0.4) is 0 Å². The largest absolute Gasteiger partial charge is 0.492 e. The number of benzene rings is 2. The molecular formula is C23H23N5O3. The van der Waals surface area contributed by atoms with Crippen molar-refractivity contribution >= 4 is 17.3 Å². The molecule has 2 aromatic heterocycles. The number of nitrogens with one attached hydrogen (secondary N) is 1. The van der Waals surface area contributed by atoms with Crippen molar-refractivity contribution < 1.29 is 14.2 Å². The van der Waals surface area contributed by atoms with Crippen molar-refractivity contribution in [1.29, 1.82) is 0 Å². The van der Waals surface area contributed by atoms with E-state index in [2.05, 4.69) is 15.4 Å². The molecule has 0 radical (unpaired) electrons. The standard InChI is InChI=1S/C23H23N5O3/c1-15(24)14-31-18-8-6-17(7-9-18)25-23-26-22-4-2-3-19(28(22)27-23)16-5-10-20-21(13-16)30-12-11-29-20/h2-10,13,15H,11-12,14,24H2,1H3,(H,25,27)/t15-/m1/s1. The molecular weight excluding hydrogens is 394 g/mol. The number of nitrogens with zero attached hydrogens (tertiary/aromatic N) is 3. The Bertz CT molecular complexity index is 1200. The lowest BCUT2D eigenvalue weighted by Gasteiger charge is -2.19. The van der Waals surface area contributed by atoms with Crippen molar-refractivity contribution in [2.75, 3.05) is 25.1 Å². The lowest BCUT2D eigenvalue weighted by Crippen LogP contribution is -2.23. The number of rotatable bonds is 6. The van der Waals surface area contributed by atoms with Crippen LogP contribution in [0.1, 0.15) is 6.92 Å². The number of pyridine rings is 1. The minimum absolute atomic E-state index is 0.0108. The van der Waals surface area contributed by atoms with Gasteiger partial charge in [0.05, 0.1) is 5.69 Å². The highest BCUT2D eigenvalue weighted by molar-refractivity contribution is 5.68. The number of nitrogens with two attached hydrogens (primary N) is 1. The maximum absolute atomic E-state index is 5.73. The molecule has 31 heavy (non-hydrogen) atoms. The van der Waals surface area contributed by atoms with Crippen LogP contribution < -0.4 is 25.3 Å². The zero-order valence-corrected chi connectivity index (χ0v) is 17.1. The van der Waals surface area contributed by atoms with Crippen molar-refractivity contribution in [2.45, 2.75) is 13.0 Å². The molecule has 0 saturated heterocycles. The van der Waals surface area contributed by atoms with E-state index in [1.165, 1.54) is 0 Å². The molecule has 3 N–H and O–H groups in total.